The third-order valence-corrected chi connectivity index (χ3v) is 11.4. The Labute approximate surface area is 273 Å². The third kappa shape index (κ3) is 7.10. The van der Waals surface area contributed by atoms with Gasteiger partial charge in [-0.2, -0.15) is 0 Å². The van der Waals surface area contributed by atoms with E-state index in [9.17, 15) is 10.2 Å². The molecular formula is C37H46O4P+. The minimum absolute atomic E-state index is 0.0607. The van der Waals surface area contributed by atoms with Gasteiger partial charge < -0.3 is 19.7 Å². The van der Waals surface area contributed by atoms with Crippen molar-refractivity contribution in [2.45, 2.75) is 64.7 Å². The zero-order valence-corrected chi connectivity index (χ0v) is 25.1. The van der Waals surface area contributed by atoms with Crippen LogP contribution in [0.3, 0.4) is 0 Å². The SMILES string of the molecule is [2H]c1c([2H])c([2H])c([P+](CCCCCCCCCCc2c(C)c(O)c(OC)c(OC)c2O)(c2c([2H])c([2H])c([2H])c([2H])c2[2H])c2c([2H])c([2H])c([2H])c([2H])c2[2H])c([2H])c1[2H]. The number of rotatable bonds is 16. The van der Waals surface area contributed by atoms with E-state index in [-0.39, 0.29) is 35.6 Å². The highest BCUT2D eigenvalue weighted by Crippen LogP contribution is 2.56. The van der Waals surface area contributed by atoms with Crippen LogP contribution >= 0.6 is 7.26 Å². The molecule has 4 aromatic rings. The van der Waals surface area contributed by atoms with Crippen molar-refractivity contribution in [1.29, 1.82) is 0 Å². The van der Waals surface area contributed by atoms with Gasteiger partial charge in [0.25, 0.3) is 0 Å². The number of benzene rings is 4. The first-order chi connectivity index (χ1) is 26.8. The average molecular weight is 601 g/mol. The summed E-state index contributed by atoms with van der Waals surface area (Å²) in [5, 5.41) is 20.0. The lowest BCUT2D eigenvalue weighted by Gasteiger charge is -2.27. The largest absolute Gasteiger partial charge is 0.504 e. The second-order valence-corrected chi connectivity index (χ2v) is 13.3. The fraction of sp³-hybridized carbons (Fsp3) is 0.351. The van der Waals surface area contributed by atoms with Gasteiger partial charge in [-0.3, -0.25) is 0 Å². The number of methoxy groups -OCH3 is 2. The molecule has 4 rings (SSSR count). The predicted molar refractivity (Wildman–Crippen MR) is 178 cm³/mol. The van der Waals surface area contributed by atoms with Crippen molar-refractivity contribution in [3.8, 4) is 23.0 Å². The summed E-state index contributed by atoms with van der Waals surface area (Å²) in [6, 6.07) is -11.4. The maximum atomic E-state index is 10.8. The third-order valence-electron chi connectivity index (χ3n) is 7.41. The quantitative estimate of drug-likeness (QED) is 0.0776. The second kappa shape index (κ2) is 15.7. The molecule has 0 fully saturated rings. The molecular weight excluding hydrogens is 539 g/mol. The van der Waals surface area contributed by atoms with Gasteiger partial charge in [-0.25, -0.2) is 0 Å². The smallest absolute Gasteiger partial charge is 0.207 e. The molecule has 4 aromatic carbocycles. The fourth-order valence-electron chi connectivity index (χ4n) is 5.21. The van der Waals surface area contributed by atoms with Gasteiger partial charge in [0, 0.05) is 11.1 Å². The molecule has 5 heteroatoms. The summed E-state index contributed by atoms with van der Waals surface area (Å²) in [4.78, 5) is 0. The van der Waals surface area contributed by atoms with Crippen LogP contribution in [-0.2, 0) is 6.42 Å². The van der Waals surface area contributed by atoms with Gasteiger partial charge in [0.15, 0.2) is 11.5 Å². The lowest BCUT2D eigenvalue weighted by atomic mass is 9.98. The van der Waals surface area contributed by atoms with Gasteiger partial charge in [0.05, 0.1) is 40.9 Å². The molecule has 0 spiro atoms. The zero-order chi connectivity index (χ0) is 42.8. The number of hydrogen-bond acceptors (Lipinski definition) is 4. The summed E-state index contributed by atoms with van der Waals surface area (Å²) in [5.41, 5.74) is 1.06. The lowest BCUT2D eigenvalue weighted by molar-refractivity contribution is 0.313. The predicted octanol–water partition coefficient (Wildman–Crippen LogP) is 8.08. The molecule has 42 heavy (non-hydrogen) atoms. The minimum atomic E-state index is -4.27. The molecule has 0 atom stereocenters. The molecule has 0 radical (unpaired) electrons. The Morgan fingerprint density at radius 1 is 0.571 bits per heavy atom. The summed E-state index contributed by atoms with van der Waals surface area (Å²) < 4.78 is 141. The Hall–Kier alpha value is -3.49. The van der Waals surface area contributed by atoms with Crippen LogP contribution in [0, 0.1) is 6.92 Å². The summed E-state index contributed by atoms with van der Waals surface area (Å²) in [5.74, 6) is -0.0601. The van der Waals surface area contributed by atoms with E-state index in [0.29, 0.717) is 36.8 Å². The molecule has 0 aliphatic heterocycles. The van der Waals surface area contributed by atoms with E-state index < -0.39 is 114 Å². The van der Waals surface area contributed by atoms with Crippen molar-refractivity contribution >= 4 is 23.2 Å². The van der Waals surface area contributed by atoms with E-state index in [1.807, 2.05) is 0 Å². The Morgan fingerprint density at radius 2 is 0.952 bits per heavy atom. The van der Waals surface area contributed by atoms with Crippen LogP contribution in [0.5, 0.6) is 23.0 Å². The molecule has 0 unspecified atom stereocenters. The molecule has 2 N–H and O–H groups in total. The molecule has 0 aliphatic carbocycles. The van der Waals surface area contributed by atoms with Gasteiger partial charge in [0.1, 0.15) is 23.2 Å². The summed E-state index contributed by atoms with van der Waals surface area (Å²) in [6.45, 7) is 1.69. The summed E-state index contributed by atoms with van der Waals surface area (Å²) >= 11 is 0. The topological polar surface area (TPSA) is 58.9 Å². The van der Waals surface area contributed by atoms with Crippen LogP contribution < -0.4 is 25.4 Å². The number of ether oxygens (including phenoxy) is 2. The molecule has 222 valence electrons. The van der Waals surface area contributed by atoms with E-state index in [0.717, 1.165) is 25.7 Å². The Kier molecular flexibility index (Phi) is 6.33. The first-order valence-corrected chi connectivity index (χ1v) is 16.0. The Bertz CT molecular complexity index is 1940. The maximum Gasteiger partial charge on any atom is 0.207 e. The van der Waals surface area contributed by atoms with Gasteiger partial charge in [-0.15, -0.1) is 0 Å². The van der Waals surface area contributed by atoms with Crippen LogP contribution in [0.25, 0.3) is 0 Å². The van der Waals surface area contributed by atoms with Gasteiger partial charge >= 0.3 is 0 Å². The van der Waals surface area contributed by atoms with E-state index in [2.05, 4.69) is 0 Å². The number of phenolic OH excluding ortho intramolecular Hbond substituents is 2. The van der Waals surface area contributed by atoms with Crippen LogP contribution in [0.2, 0.25) is 0 Å². The van der Waals surface area contributed by atoms with E-state index >= 15 is 0 Å². The molecule has 0 amide bonds. The van der Waals surface area contributed by atoms with Crippen molar-refractivity contribution in [3.63, 3.8) is 0 Å². The van der Waals surface area contributed by atoms with Crippen molar-refractivity contribution in [2.75, 3.05) is 20.4 Å². The zero-order valence-electron chi connectivity index (χ0n) is 39.2. The van der Waals surface area contributed by atoms with Crippen molar-refractivity contribution in [2.24, 2.45) is 0 Å². The monoisotopic (exact) mass is 600 g/mol. The van der Waals surface area contributed by atoms with E-state index in [4.69, 9.17) is 30.0 Å². The highest BCUT2D eigenvalue weighted by atomic mass is 31.2. The summed E-state index contributed by atoms with van der Waals surface area (Å²) in [7, 11) is -1.53. The standard InChI is InChI=1S/C37H45O4P/c1-29-33(35(39)37(41-3)36(40-2)34(29)38)27-19-8-6-4-5-7-9-20-28-42(30-21-13-10-14-22-30,31-23-15-11-16-24-31)32-25-17-12-18-26-32/h10-18,21-26H,4-9,19-20,27-28H2,1-3H3,(H-,38,39)/p+1/i10D,11D,12D,13D,14D,15D,16D,17D,18D,21D,22D,23D,24D,25D,26D. The highest BCUT2D eigenvalue weighted by Gasteiger charge is 2.44. The molecule has 0 heterocycles. The molecule has 0 saturated carbocycles. The molecule has 0 saturated heterocycles. The van der Waals surface area contributed by atoms with Crippen LogP contribution in [0.15, 0.2) is 90.6 Å². The molecule has 4 nitrogen and oxygen atoms in total. The first-order valence-electron chi connectivity index (χ1n) is 21.5. The number of unbranched alkanes of at least 4 members (excludes halogenated alkanes) is 7. The molecule has 0 aromatic heterocycles. The highest BCUT2D eigenvalue weighted by molar-refractivity contribution is 7.95. The van der Waals surface area contributed by atoms with Gasteiger partial charge in [0.2, 0.25) is 11.5 Å². The lowest BCUT2D eigenvalue weighted by Crippen LogP contribution is -2.33. The number of aromatic hydroxyl groups is 2. The Balaban J connectivity index is 1.70. The number of phenols is 2. The summed E-state index contributed by atoms with van der Waals surface area (Å²) in [6.07, 6.45) is 5.51. The minimum Gasteiger partial charge on any atom is -0.504 e. The van der Waals surface area contributed by atoms with Gasteiger partial charge in [-0.1, -0.05) is 86.5 Å². The van der Waals surface area contributed by atoms with Gasteiger partial charge in [-0.05, 0) is 68.9 Å². The van der Waals surface area contributed by atoms with Crippen molar-refractivity contribution in [3.05, 3.63) is 102 Å². The number of hydrogen-bond donors (Lipinski definition) is 2. The Morgan fingerprint density at radius 3 is 1.38 bits per heavy atom. The average Bonchev–Trinajstić information content (AvgIpc) is 3.19. The van der Waals surface area contributed by atoms with Crippen LogP contribution in [0.1, 0.15) is 83.1 Å². The first kappa shape index (κ1) is 17.0. The van der Waals surface area contributed by atoms with Crippen LogP contribution in [-0.4, -0.2) is 30.6 Å². The second-order valence-electron chi connectivity index (χ2n) is 9.90. The van der Waals surface area contributed by atoms with E-state index in [1.54, 1.807) is 6.92 Å². The normalized spacial score (nSPS) is 16.4. The molecule has 0 bridgehead atoms. The van der Waals surface area contributed by atoms with Crippen LogP contribution in [0.4, 0.5) is 0 Å². The fourth-order valence-corrected chi connectivity index (χ4v) is 8.73. The van der Waals surface area contributed by atoms with Crippen molar-refractivity contribution < 1.29 is 40.2 Å². The molecule has 0 aliphatic rings. The van der Waals surface area contributed by atoms with E-state index in [1.165, 1.54) is 14.2 Å². The van der Waals surface area contributed by atoms with Crippen molar-refractivity contribution in [1.82, 2.24) is 0 Å². The maximum absolute atomic E-state index is 10.8.